The van der Waals surface area contributed by atoms with Crippen molar-refractivity contribution in [1.82, 2.24) is 10.2 Å². The molecule has 0 saturated carbocycles. The number of aliphatic carboxylic acids is 1. The number of aliphatic hydroxyl groups excluding tert-OH is 1. The number of amides is 2. The number of fused-ring (bicyclic) bond motifs is 2. The van der Waals surface area contributed by atoms with Crippen molar-refractivity contribution in [2.75, 3.05) is 6.54 Å². The first kappa shape index (κ1) is 14.1. The van der Waals surface area contributed by atoms with Crippen LogP contribution in [0.15, 0.2) is 0 Å². The first-order valence-electron chi connectivity index (χ1n) is 7.04. The van der Waals surface area contributed by atoms with E-state index < -0.39 is 5.97 Å². The molecule has 3 N–H and O–H groups in total. The van der Waals surface area contributed by atoms with Gasteiger partial charge in [0, 0.05) is 25.0 Å². The number of urea groups is 1. The molecule has 6 nitrogen and oxygen atoms in total. The number of hydrogen-bond acceptors (Lipinski definition) is 3. The van der Waals surface area contributed by atoms with Crippen molar-refractivity contribution < 1.29 is 19.8 Å². The third kappa shape index (κ3) is 3.59. The number of nitrogens with one attached hydrogen (secondary N) is 1. The predicted molar refractivity (Wildman–Crippen MR) is 68.8 cm³/mol. The van der Waals surface area contributed by atoms with Crippen LogP contribution in [0.2, 0.25) is 0 Å². The van der Waals surface area contributed by atoms with Gasteiger partial charge < -0.3 is 20.4 Å². The molecule has 0 aromatic heterocycles. The van der Waals surface area contributed by atoms with Crippen molar-refractivity contribution in [3.05, 3.63) is 0 Å². The molecule has 2 amide bonds. The zero-order chi connectivity index (χ0) is 13.8. The fraction of sp³-hybridized carbons (Fsp3) is 0.846. The maximum Gasteiger partial charge on any atom is 0.317 e. The van der Waals surface area contributed by atoms with Gasteiger partial charge in [-0.15, -0.1) is 0 Å². The maximum atomic E-state index is 12.1. The van der Waals surface area contributed by atoms with E-state index in [0.29, 0.717) is 32.2 Å². The van der Waals surface area contributed by atoms with E-state index in [1.54, 1.807) is 0 Å². The van der Waals surface area contributed by atoms with E-state index in [-0.39, 0.29) is 30.6 Å². The molecular formula is C13H22N2O4. The number of unbranched alkanes of at least 4 members (excludes halogenated alkanes) is 1. The van der Waals surface area contributed by atoms with Crippen molar-refractivity contribution in [3.8, 4) is 0 Å². The number of nitrogens with zero attached hydrogens (tertiary/aromatic N) is 1. The van der Waals surface area contributed by atoms with Gasteiger partial charge in [-0.1, -0.05) is 0 Å². The number of carbonyl (C=O) groups is 2. The summed E-state index contributed by atoms with van der Waals surface area (Å²) in [5.41, 5.74) is 0. The van der Waals surface area contributed by atoms with Gasteiger partial charge in [0.25, 0.3) is 0 Å². The lowest BCUT2D eigenvalue weighted by Crippen LogP contribution is -2.52. The molecule has 2 fully saturated rings. The smallest absolute Gasteiger partial charge is 0.317 e. The highest BCUT2D eigenvalue weighted by Gasteiger charge is 2.42. The van der Waals surface area contributed by atoms with E-state index in [1.165, 1.54) is 0 Å². The van der Waals surface area contributed by atoms with E-state index in [2.05, 4.69) is 5.32 Å². The standard InChI is InChI=1S/C13H22N2O4/c16-11-7-9-4-5-10(8-11)15(9)13(19)14-6-2-1-3-12(17)18/h9-11,16H,1-8H2,(H,14,19)(H,17,18). The summed E-state index contributed by atoms with van der Waals surface area (Å²) in [5, 5.41) is 21.0. The van der Waals surface area contributed by atoms with Gasteiger partial charge in [0.05, 0.1) is 6.10 Å². The predicted octanol–water partition coefficient (Wildman–Crippen LogP) is 0.939. The second-order valence-electron chi connectivity index (χ2n) is 5.50. The third-order valence-corrected chi connectivity index (χ3v) is 4.04. The molecule has 2 aliphatic rings. The molecular weight excluding hydrogens is 248 g/mol. The highest BCUT2D eigenvalue weighted by molar-refractivity contribution is 5.75. The summed E-state index contributed by atoms with van der Waals surface area (Å²) in [6.45, 7) is 0.518. The number of carboxylic acid groups (broad SMARTS) is 1. The van der Waals surface area contributed by atoms with Gasteiger partial charge in [0.1, 0.15) is 0 Å². The van der Waals surface area contributed by atoms with E-state index in [4.69, 9.17) is 5.11 Å². The molecule has 2 rings (SSSR count). The Morgan fingerprint density at radius 1 is 1.16 bits per heavy atom. The Hall–Kier alpha value is -1.30. The highest BCUT2D eigenvalue weighted by Crippen LogP contribution is 2.35. The van der Waals surface area contributed by atoms with Crippen LogP contribution in [0.4, 0.5) is 4.79 Å². The van der Waals surface area contributed by atoms with E-state index >= 15 is 0 Å². The number of piperidine rings is 1. The second kappa shape index (κ2) is 6.23. The molecule has 0 radical (unpaired) electrons. The molecule has 2 unspecified atom stereocenters. The first-order chi connectivity index (χ1) is 9.08. The zero-order valence-corrected chi connectivity index (χ0v) is 11.0. The van der Waals surface area contributed by atoms with Crippen molar-refractivity contribution in [1.29, 1.82) is 0 Å². The summed E-state index contributed by atoms with van der Waals surface area (Å²) < 4.78 is 0. The Bertz CT molecular complexity index is 334. The molecule has 2 heterocycles. The third-order valence-electron chi connectivity index (χ3n) is 4.04. The summed E-state index contributed by atoms with van der Waals surface area (Å²) in [5.74, 6) is -0.797. The minimum Gasteiger partial charge on any atom is -0.481 e. The minimum absolute atomic E-state index is 0.0604. The van der Waals surface area contributed by atoms with Crippen molar-refractivity contribution in [2.24, 2.45) is 0 Å². The molecule has 2 bridgehead atoms. The van der Waals surface area contributed by atoms with Gasteiger partial charge in [-0.2, -0.15) is 0 Å². The van der Waals surface area contributed by atoms with Crippen LogP contribution in [0.3, 0.4) is 0 Å². The minimum atomic E-state index is -0.797. The van der Waals surface area contributed by atoms with Crippen LogP contribution in [0.1, 0.15) is 44.9 Å². The Labute approximate surface area is 112 Å². The molecule has 2 saturated heterocycles. The van der Waals surface area contributed by atoms with E-state index in [9.17, 15) is 14.7 Å². The molecule has 108 valence electrons. The lowest BCUT2D eigenvalue weighted by Gasteiger charge is -2.37. The Morgan fingerprint density at radius 3 is 2.37 bits per heavy atom. The van der Waals surface area contributed by atoms with Crippen molar-refractivity contribution >= 4 is 12.0 Å². The van der Waals surface area contributed by atoms with Crippen molar-refractivity contribution in [2.45, 2.75) is 63.1 Å². The summed E-state index contributed by atoms with van der Waals surface area (Å²) in [7, 11) is 0. The summed E-state index contributed by atoms with van der Waals surface area (Å²) in [6.07, 6.45) is 4.48. The van der Waals surface area contributed by atoms with Gasteiger partial charge in [-0.3, -0.25) is 4.79 Å². The molecule has 2 aliphatic heterocycles. The van der Waals surface area contributed by atoms with Crippen molar-refractivity contribution in [3.63, 3.8) is 0 Å². The quantitative estimate of drug-likeness (QED) is 0.648. The van der Waals surface area contributed by atoms with Crippen LogP contribution in [0.5, 0.6) is 0 Å². The highest BCUT2D eigenvalue weighted by atomic mass is 16.4. The normalized spacial score (nSPS) is 29.3. The Balaban J connectivity index is 1.70. The lowest BCUT2D eigenvalue weighted by molar-refractivity contribution is -0.137. The SMILES string of the molecule is O=C(O)CCCCNC(=O)N1C2CCC1CC(O)C2. The zero-order valence-electron chi connectivity index (χ0n) is 11.0. The molecule has 2 atom stereocenters. The fourth-order valence-electron chi connectivity index (χ4n) is 3.17. The van der Waals surface area contributed by atoms with Crippen LogP contribution in [-0.2, 0) is 4.79 Å². The van der Waals surface area contributed by atoms with Gasteiger partial charge in [0.15, 0.2) is 0 Å². The van der Waals surface area contributed by atoms with Gasteiger partial charge in [0.2, 0.25) is 0 Å². The Kier molecular flexibility index (Phi) is 4.63. The van der Waals surface area contributed by atoms with E-state index in [0.717, 1.165) is 12.8 Å². The lowest BCUT2D eigenvalue weighted by atomic mass is 10.0. The fourth-order valence-corrected chi connectivity index (χ4v) is 3.17. The van der Waals surface area contributed by atoms with Gasteiger partial charge in [-0.25, -0.2) is 4.79 Å². The van der Waals surface area contributed by atoms with Crippen LogP contribution in [0, 0.1) is 0 Å². The van der Waals surface area contributed by atoms with Gasteiger partial charge >= 0.3 is 12.0 Å². The summed E-state index contributed by atoms with van der Waals surface area (Å²) in [4.78, 5) is 24.3. The number of rotatable bonds is 5. The molecule has 0 aromatic carbocycles. The first-order valence-corrected chi connectivity index (χ1v) is 7.04. The molecule has 19 heavy (non-hydrogen) atoms. The van der Waals surface area contributed by atoms with Gasteiger partial charge in [-0.05, 0) is 38.5 Å². The van der Waals surface area contributed by atoms with E-state index in [1.807, 2.05) is 4.90 Å². The molecule has 0 aromatic rings. The summed E-state index contributed by atoms with van der Waals surface area (Å²) >= 11 is 0. The number of carbonyl (C=O) groups excluding carboxylic acids is 1. The Morgan fingerprint density at radius 2 is 1.79 bits per heavy atom. The van der Waals surface area contributed by atoms with Crippen LogP contribution in [-0.4, -0.2) is 51.8 Å². The van der Waals surface area contributed by atoms with Crippen LogP contribution < -0.4 is 5.32 Å². The van der Waals surface area contributed by atoms with Crippen LogP contribution >= 0.6 is 0 Å². The number of aliphatic hydroxyl groups is 1. The average Bonchev–Trinajstić information content (AvgIpc) is 2.61. The molecule has 0 spiro atoms. The maximum absolute atomic E-state index is 12.1. The average molecular weight is 270 g/mol. The molecule has 6 heteroatoms. The second-order valence-corrected chi connectivity index (χ2v) is 5.50. The number of hydrogen-bond donors (Lipinski definition) is 3. The summed E-state index contributed by atoms with van der Waals surface area (Å²) in [6, 6.07) is 0.287. The monoisotopic (exact) mass is 270 g/mol. The topological polar surface area (TPSA) is 89.9 Å². The largest absolute Gasteiger partial charge is 0.481 e. The van der Waals surface area contributed by atoms with Crippen LogP contribution in [0.25, 0.3) is 0 Å². The molecule has 0 aliphatic carbocycles. The number of carboxylic acids is 1.